The molecule has 0 aliphatic heterocycles. The number of primary amides is 1. The van der Waals surface area contributed by atoms with Gasteiger partial charge in [-0.05, 0) is 12.1 Å². The number of rotatable bonds is 9. The lowest BCUT2D eigenvalue weighted by Crippen LogP contribution is -2.29. The number of nitrogens with two attached hydrogens (primary N) is 2. The van der Waals surface area contributed by atoms with Crippen LogP contribution in [0.15, 0.2) is 24.3 Å². The number of nitrogens with one attached hydrogen (secondary N) is 1. The Bertz CT molecular complexity index is 451. The Balaban J connectivity index is 2.07. The Morgan fingerprint density at radius 3 is 2.75 bits per heavy atom. The molecule has 0 aromatic heterocycles. The molecule has 0 saturated carbocycles. The van der Waals surface area contributed by atoms with E-state index in [0.29, 0.717) is 18.0 Å². The molecule has 0 fully saturated rings. The first kappa shape index (κ1) is 15.8. The van der Waals surface area contributed by atoms with Gasteiger partial charge in [0.15, 0.2) is 0 Å². The third-order valence-corrected chi connectivity index (χ3v) is 2.27. The number of hydrogen-bond donors (Lipinski definition) is 3. The molecule has 0 aliphatic carbocycles. The summed E-state index contributed by atoms with van der Waals surface area (Å²) in [7, 11) is 0. The summed E-state index contributed by atoms with van der Waals surface area (Å²) in [5.74, 6) is -0.0639. The van der Waals surface area contributed by atoms with Gasteiger partial charge in [-0.3, -0.25) is 9.59 Å². The van der Waals surface area contributed by atoms with Crippen molar-refractivity contribution >= 4 is 17.5 Å². The third kappa shape index (κ3) is 7.22. The van der Waals surface area contributed by atoms with Gasteiger partial charge in [-0.25, -0.2) is 0 Å². The molecule has 7 nitrogen and oxygen atoms in total. The SMILES string of the molecule is NC(=O)COCCNC(=O)CCOc1cccc(N)c1. The van der Waals surface area contributed by atoms with Gasteiger partial charge < -0.3 is 26.3 Å². The minimum atomic E-state index is -0.535. The van der Waals surface area contributed by atoms with Crippen molar-refractivity contribution in [2.75, 3.05) is 32.1 Å². The molecule has 0 atom stereocenters. The van der Waals surface area contributed by atoms with Crippen LogP contribution in [0.1, 0.15) is 6.42 Å². The normalized spacial score (nSPS) is 10.0. The molecule has 0 aliphatic rings. The summed E-state index contributed by atoms with van der Waals surface area (Å²) >= 11 is 0. The Morgan fingerprint density at radius 2 is 2.05 bits per heavy atom. The first-order valence-corrected chi connectivity index (χ1v) is 6.19. The van der Waals surface area contributed by atoms with Gasteiger partial charge in [0.2, 0.25) is 11.8 Å². The molecule has 110 valence electrons. The van der Waals surface area contributed by atoms with Crippen molar-refractivity contribution < 1.29 is 19.1 Å². The second-order valence-electron chi connectivity index (χ2n) is 4.04. The van der Waals surface area contributed by atoms with Crippen molar-refractivity contribution in [1.29, 1.82) is 0 Å². The van der Waals surface area contributed by atoms with Crippen LogP contribution >= 0.6 is 0 Å². The summed E-state index contributed by atoms with van der Waals surface area (Å²) in [6.45, 7) is 0.682. The molecule has 0 saturated heterocycles. The predicted molar refractivity (Wildman–Crippen MR) is 74.0 cm³/mol. The van der Waals surface area contributed by atoms with Gasteiger partial charge in [0.25, 0.3) is 0 Å². The highest BCUT2D eigenvalue weighted by atomic mass is 16.5. The maximum absolute atomic E-state index is 11.4. The van der Waals surface area contributed by atoms with E-state index in [9.17, 15) is 9.59 Å². The van der Waals surface area contributed by atoms with E-state index in [1.165, 1.54) is 0 Å². The minimum absolute atomic E-state index is 0.144. The zero-order valence-electron chi connectivity index (χ0n) is 11.1. The molecule has 0 bridgehead atoms. The van der Waals surface area contributed by atoms with Crippen LogP contribution in [0, 0.1) is 0 Å². The number of hydrogen-bond acceptors (Lipinski definition) is 5. The summed E-state index contributed by atoms with van der Waals surface area (Å²) in [6, 6.07) is 6.99. The molecule has 0 radical (unpaired) electrons. The molecular weight excluding hydrogens is 262 g/mol. The van der Waals surface area contributed by atoms with Crippen LogP contribution in [0.5, 0.6) is 5.75 Å². The highest BCUT2D eigenvalue weighted by Crippen LogP contribution is 2.14. The second-order valence-corrected chi connectivity index (χ2v) is 4.04. The van der Waals surface area contributed by atoms with Crippen molar-refractivity contribution in [2.45, 2.75) is 6.42 Å². The molecule has 20 heavy (non-hydrogen) atoms. The first-order valence-electron chi connectivity index (χ1n) is 6.19. The van der Waals surface area contributed by atoms with E-state index in [1.807, 2.05) is 0 Å². The molecule has 1 aromatic carbocycles. The summed E-state index contributed by atoms with van der Waals surface area (Å²) in [5, 5.41) is 2.63. The molecule has 0 spiro atoms. The number of ether oxygens (including phenoxy) is 2. The Morgan fingerprint density at radius 1 is 1.25 bits per heavy atom. The molecule has 0 heterocycles. The zero-order valence-corrected chi connectivity index (χ0v) is 11.1. The Kier molecular flexibility index (Phi) is 6.91. The first-order chi connectivity index (χ1) is 9.58. The summed E-state index contributed by atoms with van der Waals surface area (Å²) < 4.78 is 10.3. The monoisotopic (exact) mass is 281 g/mol. The van der Waals surface area contributed by atoms with Crippen LogP contribution in [0.25, 0.3) is 0 Å². The van der Waals surface area contributed by atoms with Gasteiger partial charge >= 0.3 is 0 Å². The fourth-order valence-electron chi connectivity index (χ4n) is 1.39. The van der Waals surface area contributed by atoms with Crippen LogP contribution in [-0.4, -0.2) is 38.2 Å². The fraction of sp³-hybridized carbons (Fsp3) is 0.385. The number of amides is 2. The van der Waals surface area contributed by atoms with E-state index in [1.54, 1.807) is 24.3 Å². The average molecular weight is 281 g/mol. The van der Waals surface area contributed by atoms with Gasteiger partial charge in [0, 0.05) is 18.3 Å². The number of benzene rings is 1. The number of carbonyl (C=O) groups excluding carboxylic acids is 2. The van der Waals surface area contributed by atoms with E-state index in [-0.39, 0.29) is 32.1 Å². The molecule has 2 amide bonds. The smallest absolute Gasteiger partial charge is 0.243 e. The molecular formula is C13H19N3O4. The van der Waals surface area contributed by atoms with E-state index in [0.717, 1.165) is 0 Å². The highest BCUT2D eigenvalue weighted by molar-refractivity contribution is 5.76. The summed E-state index contributed by atoms with van der Waals surface area (Å²) in [5.41, 5.74) is 11.1. The predicted octanol–water partition coefficient (Wildman–Crippen LogP) is -0.344. The maximum Gasteiger partial charge on any atom is 0.243 e. The van der Waals surface area contributed by atoms with Gasteiger partial charge in [-0.2, -0.15) is 0 Å². The average Bonchev–Trinajstić information content (AvgIpc) is 2.38. The Labute approximate surface area is 117 Å². The van der Waals surface area contributed by atoms with Crippen LogP contribution in [-0.2, 0) is 14.3 Å². The molecule has 5 N–H and O–H groups in total. The second kappa shape index (κ2) is 8.76. The van der Waals surface area contributed by atoms with E-state index in [4.69, 9.17) is 20.9 Å². The number of nitrogen functional groups attached to an aromatic ring is 1. The summed E-state index contributed by atoms with van der Waals surface area (Å²) in [4.78, 5) is 21.8. The quantitative estimate of drug-likeness (QED) is 0.423. The topological polar surface area (TPSA) is 117 Å². The summed E-state index contributed by atoms with van der Waals surface area (Å²) in [6.07, 6.45) is 0.227. The lowest BCUT2D eigenvalue weighted by molar-refractivity contribution is -0.122. The van der Waals surface area contributed by atoms with Crippen molar-refractivity contribution in [1.82, 2.24) is 5.32 Å². The van der Waals surface area contributed by atoms with Crippen LogP contribution in [0.2, 0.25) is 0 Å². The van der Waals surface area contributed by atoms with Gasteiger partial charge in [-0.1, -0.05) is 6.07 Å². The van der Waals surface area contributed by atoms with Crippen LogP contribution < -0.4 is 21.5 Å². The van der Waals surface area contributed by atoms with Crippen molar-refractivity contribution in [3.05, 3.63) is 24.3 Å². The van der Waals surface area contributed by atoms with Crippen LogP contribution in [0.3, 0.4) is 0 Å². The molecule has 1 rings (SSSR count). The maximum atomic E-state index is 11.4. The standard InChI is InChI=1S/C13H19N3O4/c14-10-2-1-3-11(8-10)20-6-4-13(18)16-5-7-19-9-12(15)17/h1-3,8H,4-7,9,14H2,(H2,15,17)(H,16,18). The lowest BCUT2D eigenvalue weighted by atomic mass is 10.3. The molecule has 0 unspecified atom stereocenters. The highest BCUT2D eigenvalue weighted by Gasteiger charge is 2.02. The van der Waals surface area contributed by atoms with E-state index >= 15 is 0 Å². The van der Waals surface area contributed by atoms with E-state index < -0.39 is 5.91 Å². The minimum Gasteiger partial charge on any atom is -0.493 e. The van der Waals surface area contributed by atoms with Crippen molar-refractivity contribution in [3.63, 3.8) is 0 Å². The molecule has 1 aromatic rings. The zero-order chi connectivity index (χ0) is 14.8. The number of carbonyl (C=O) groups is 2. The van der Waals surface area contributed by atoms with Gasteiger partial charge in [0.05, 0.1) is 19.6 Å². The van der Waals surface area contributed by atoms with Crippen molar-refractivity contribution in [3.8, 4) is 5.75 Å². The van der Waals surface area contributed by atoms with Crippen molar-refractivity contribution in [2.24, 2.45) is 5.73 Å². The fourth-order valence-corrected chi connectivity index (χ4v) is 1.39. The number of anilines is 1. The molecule has 7 heteroatoms. The van der Waals surface area contributed by atoms with Gasteiger partial charge in [-0.15, -0.1) is 0 Å². The lowest BCUT2D eigenvalue weighted by Gasteiger charge is -2.07. The Hall–Kier alpha value is -2.28. The van der Waals surface area contributed by atoms with E-state index in [2.05, 4.69) is 5.32 Å². The third-order valence-electron chi connectivity index (χ3n) is 2.27. The van der Waals surface area contributed by atoms with Gasteiger partial charge in [0.1, 0.15) is 12.4 Å². The van der Waals surface area contributed by atoms with Crippen LogP contribution in [0.4, 0.5) is 5.69 Å². The largest absolute Gasteiger partial charge is 0.493 e.